The first kappa shape index (κ1) is 17.2. The second kappa shape index (κ2) is 5.73. The van der Waals surface area contributed by atoms with Gasteiger partial charge in [0, 0.05) is 12.6 Å². The summed E-state index contributed by atoms with van der Waals surface area (Å²) >= 11 is 0. The van der Waals surface area contributed by atoms with Gasteiger partial charge in [0.1, 0.15) is 0 Å². The predicted octanol–water partition coefficient (Wildman–Crippen LogP) is 4.64. The van der Waals surface area contributed by atoms with Gasteiger partial charge in [-0.05, 0) is 62.2 Å². The standard InChI is InChI=1S/C19H33NO2Si/c1-18(2,3)23(4,5)22-13-10-16-9-7-12-19-11-6-8-15(19)14-17(21)20(16)19/h8,16H,6-7,9-14H2,1-5H3/t16-,19+/m1/s1. The zero-order valence-corrected chi connectivity index (χ0v) is 16.6. The quantitative estimate of drug-likeness (QED) is 0.553. The minimum Gasteiger partial charge on any atom is -0.417 e. The van der Waals surface area contributed by atoms with Gasteiger partial charge in [-0.15, -0.1) is 0 Å². The lowest BCUT2D eigenvalue weighted by molar-refractivity contribution is -0.136. The number of piperidine rings is 1. The summed E-state index contributed by atoms with van der Waals surface area (Å²) in [6.07, 6.45) is 9.94. The first-order valence-electron chi connectivity index (χ1n) is 9.33. The van der Waals surface area contributed by atoms with Crippen LogP contribution >= 0.6 is 0 Å². The molecule has 0 aromatic rings. The van der Waals surface area contributed by atoms with E-state index in [4.69, 9.17) is 4.43 Å². The van der Waals surface area contributed by atoms with E-state index in [9.17, 15) is 4.79 Å². The van der Waals surface area contributed by atoms with Gasteiger partial charge in [-0.25, -0.2) is 0 Å². The van der Waals surface area contributed by atoms with Crippen LogP contribution in [0.15, 0.2) is 11.6 Å². The molecule has 2 fully saturated rings. The van der Waals surface area contributed by atoms with Gasteiger partial charge < -0.3 is 9.33 Å². The highest BCUT2D eigenvalue weighted by molar-refractivity contribution is 6.74. The SMILES string of the molecule is CC(C)(C)[Si](C)(C)OCC[C@H]1CCC[C@@]23CCC=C2CC(=O)N13. The molecule has 23 heavy (non-hydrogen) atoms. The van der Waals surface area contributed by atoms with Gasteiger partial charge >= 0.3 is 0 Å². The topological polar surface area (TPSA) is 29.5 Å². The highest BCUT2D eigenvalue weighted by atomic mass is 28.4. The van der Waals surface area contributed by atoms with Crippen LogP contribution in [0.5, 0.6) is 0 Å². The third-order valence-electron chi connectivity index (χ3n) is 6.83. The Balaban J connectivity index is 1.65. The second-order valence-corrected chi connectivity index (χ2v) is 14.0. The number of allylic oxidation sites excluding steroid dienone is 1. The summed E-state index contributed by atoms with van der Waals surface area (Å²) < 4.78 is 6.38. The predicted molar refractivity (Wildman–Crippen MR) is 96.9 cm³/mol. The highest BCUT2D eigenvalue weighted by Gasteiger charge is 2.54. The molecule has 2 saturated heterocycles. The van der Waals surface area contributed by atoms with Crippen molar-refractivity contribution in [2.24, 2.45) is 0 Å². The van der Waals surface area contributed by atoms with Crippen LogP contribution in [-0.2, 0) is 9.22 Å². The molecule has 0 radical (unpaired) electrons. The summed E-state index contributed by atoms with van der Waals surface area (Å²) in [5.41, 5.74) is 1.54. The van der Waals surface area contributed by atoms with Crippen LogP contribution in [0.4, 0.5) is 0 Å². The van der Waals surface area contributed by atoms with Crippen molar-refractivity contribution < 1.29 is 9.22 Å². The van der Waals surface area contributed by atoms with E-state index >= 15 is 0 Å². The fourth-order valence-corrected chi connectivity index (χ4v) is 5.55. The first-order chi connectivity index (χ1) is 10.7. The Labute approximate surface area is 142 Å². The molecule has 2 heterocycles. The van der Waals surface area contributed by atoms with Crippen LogP contribution < -0.4 is 0 Å². The lowest BCUT2D eigenvalue weighted by Gasteiger charge is -2.47. The maximum absolute atomic E-state index is 12.6. The third kappa shape index (κ3) is 2.82. The molecule has 3 nitrogen and oxygen atoms in total. The van der Waals surface area contributed by atoms with E-state index in [1.165, 1.54) is 18.4 Å². The van der Waals surface area contributed by atoms with E-state index in [1.807, 2.05) is 0 Å². The van der Waals surface area contributed by atoms with Crippen molar-refractivity contribution >= 4 is 14.2 Å². The van der Waals surface area contributed by atoms with Gasteiger partial charge in [-0.2, -0.15) is 0 Å². The fourth-order valence-electron chi connectivity index (χ4n) is 4.49. The lowest BCUT2D eigenvalue weighted by atomic mass is 9.80. The average molecular weight is 336 g/mol. The first-order valence-corrected chi connectivity index (χ1v) is 12.2. The molecule has 1 spiro atoms. The number of rotatable bonds is 4. The molecule has 3 rings (SSSR count). The van der Waals surface area contributed by atoms with Crippen molar-refractivity contribution in [2.45, 2.75) is 95.4 Å². The van der Waals surface area contributed by atoms with Crippen molar-refractivity contribution in [3.05, 3.63) is 11.6 Å². The monoisotopic (exact) mass is 335 g/mol. The third-order valence-corrected chi connectivity index (χ3v) is 11.4. The van der Waals surface area contributed by atoms with E-state index in [2.05, 4.69) is 44.8 Å². The zero-order chi connectivity index (χ0) is 16.9. The molecule has 0 bridgehead atoms. The van der Waals surface area contributed by atoms with E-state index in [0.29, 0.717) is 18.4 Å². The normalized spacial score (nSPS) is 31.2. The Bertz CT molecular complexity index is 520. The molecule has 4 heteroatoms. The molecule has 2 aliphatic heterocycles. The van der Waals surface area contributed by atoms with Crippen molar-refractivity contribution in [1.82, 2.24) is 4.90 Å². The summed E-state index contributed by atoms with van der Waals surface area (Å²) in [4.78, 5) is 14.9. The molecular weight excluding hydrogens is 302 g/mol. The second-order valence-electron chi connectivity index (χ2n) is 9.18. The van der Waals surface area contributed by atoms with Gasteiger partial charge in [0.15, 0.2) is 8.32 Å². The fraction of sp³-hybridized carbons (Fsp3) is 0.842. The van der Waals surface area contributed by atoms with Crippen LogP contribution in [-0.4, -0.2) is 37.3 Å². The number of carbonyl (C=O) groups excluding carboxylic acids is 1. The van der Waals surface area contributed by atoms with E-state index in [0.717, 1.165) is 32.3 Å². The zero-order valence-electron chi connectivity index (χ0n) is 15.6. The number of carbonyl (C=O) groups is 1. The Hall–Kier alpha value is -0.613. The molecule has 0 unspecified atom stereocenters. The molecule has 2 atom stereocenters. The molecule has 0 aromatic heterocycles. The maximum atomic E-state index is 12.6. The molecule has 0 saturated carbocycles. The number of amides is 1. The van der Waals surface area contributed by atoms with E-state index in [-0.39, 0.29) is 10.6 Å². The molecule has 1 aliphatic carbocycles. The minimum absolute atomic E-state index is 0.108. The molecule has 0 N–H and O–H groups in total. The molecular formula is C19H33NO2Si. The Morgan fingerprint density at radius 3 is 2.78 bits per heavy atom. The van der Waals surface area contributed by atoms with Gasteiger partial charge in [-0.1, -0.05) is 26.8 Å². The molecule has 0 aromatic carbocycles. The van der Waals surface area contributed by atoms with Crippen molar-refractivity contribution in [3.8, 4) is 0 Å². The van der Waals surface area contributed by atoms with Gasteiger partial charge in [0.2, 0.25) is 5.91 Å². The summed E-state index contributed by atoms with van der Waals surface area (Å²) in [7, 11) is -1.68. The van der Waals surface area contributed by atoms with Crippen LogP contribution in [0, 0.1) is 0 Å². The number of hydrogen-bond acceptors (Lipinski definition) is 2. The summed E-state index contributed by atoms with van der Waals surface area (Å²) in [5.74, 6) is 0.368. The number of hydrogen-bond donors (Lipinski definition) is 0. The lowest BCUT2D eigenvalue weighted by Crippen LogP contribution is -2.54. The van der Waals surface area contributed by atoms with Crippen LogP contribution in [0.25, 0.3) is 0 Å². The molecule has 3 aliphatic rings. The van der Waals surface area contributed by atoms with Crippen LogP contribution in [0.1, 0.15) is 65.7 Å². The Kier molecular flexibility index (Phi) is 4.29. The number of nitrogens with zero attached hydrogens (tertiary/aromatic N) is 1. The van der Waals surface area contributed by atoms with Crippen molar-refractivity contribution in [3.63, 3.8) is 0 Å². The van der Waals surface area contributed by atoms with Crippen LogP contribution in [0.3, 0.4) is 0 Å². The van der Waals surface area contributed by atoms with Crippen LogP contribution in [0.2, 0.25) is 18.1 Å². The van der Waals surface area contributed by atoms with Gasteiger partial charge in [-0.3, -0.25) is 4.79 Å². The smallest absolute Gasteiger partial charge is 0.227 e. The largest absolute Gasteiger partial charge is 0.417 e. The van der Waals surface area contributed by atoms with Crippen molar-refractivity contribution in [2.75, 3.05) is 6.61 Å². The van der Waals surface area contributed by atoms with E-state index < -0.39 is 8.32 Å². The average Bonchev–Trinajstić information content (AvgIpc) is 2.91. The Morgan fingerprint density at radius 1 is 1.35 bits per heavy atom. The molecule has 130 valence electrons. The highest BCUT2D eigenvalue weighted by Crippen LogP contribution is 2.51. The minimum atomic E-state index is -1.68. The van der Waals surface area contributed by atoms with E-state index in [1.54, 1.807) is 0 Å². The summed E-state index contributed by atoms with van der Waals surface area (Å²) in [6, 6.07) is 0.394. The Morgan fingerprint density at radius 2 is 2.09 bits per heavy atom. The van der Waals surface area contributed by atoms with Crippen molar-refractivity contribution in [1.29, 1.82) is 0 Å². The summed E-state index contributed by atoms with van der Waals surface area (Å²) in [5, 5.41) is 0.256. The maximum Gasteiger partial charge on any atom is 0.227 e. The molecule has 1 amide bonds. The van der Waals surface area contributed by atoms with Gasteiger partial charge in [0.25, 0.3) is 0 Å². The summed E-state index contributed by atoms with van der Waals surface area (Å²) in [6.45, 7) is 12.3. The van der Waals surface area contributed by atoms with Gasteiger partial charge in [0.05, 0.1) is 12.0 Å².